The van der Waals surface area contributed by atoms with Crippen LogP contribution in [0.2, 0.25) is 0 Å². The summed E-state index contributed by atoms with van der Waals surface area (Å²) in [5.41, 5.74) is 8.72. The molecule has 20 heavy (non-hydrogen) atoms. The zero-order valence-corrected chi connectivity index (χ0v) is 12.1. The SMILES string of the molecule is NC(CCC1CCCCC1)c1cccc2cccnc12. The van der Waals surface area contributed by atoms with Crippen molar-refractivity contribution in [2.75, 3.05) is 0 Å². The number of para-hydroxylation sites is 1. The first-order valence-corrected chi connectivity index (χ1v) is 7.94. The quantitative estimate of drug-likeness (QED) is 0.880. The van der Waals surface area contributed by atoms with E-state index in [1.165, 1.54) is 49.5 Å². The molecule has 1 aliphatic carbocycles. The molecule has 1 atom stereocenters. The lowest BCUT2D eigenvalue weighted by molar-refractivity contribution is 0.324. The van der Waals surface area contributed by atoms with Crippen LogP contribution in [0.3, 0.4) is 0 Å². The third kappa shape index (κ3) is 3.01. The Bertz CT molecular complexity index is 553. The van der Waals surface area contributed by atoms with Crippen molar-refractivity contribution in [1.29, 1.82) is 0 Å². The summed E-state index contributed by atoms with van der Waals surface area (Å²) in [6.07, 6.45) is 11.3. The molecule has 1 aromatic carbocycles. The highest BCUT2D eigenvalue weighted by atomic mass is 14.7. The van der Waals surface area contributed by atoms with E-state index in [2.05, 4.69) is 29.2 Å². The molecular formula is C18H24N2. The van der Waals surface area contributed by atoms with Crippen LogP contribution in [0.1, 0.15) is 56.6 Å². The van der Waals surface area contributed by atoms with Crippen molar-refractivity contribution < 1.29 is 0 Å². The highest BCUT2D eigenvalue weighted by molar-refractivity contribution is 5.81. The van der Waals surface area contributed by atoms with Gasteiger partial charge in [0.25, 0.3) is 0 Å². The number of fused-ring (bicyclic) bond motifs is 1. The van der Waals surface area contributed by atoms with Crippen molar-refractivity contribution in [3.8, 4) is 0 Å². The van der Waals surface area contributed by atoms with Crippen molar-refractivity contribution >= 4 is 10.9 Å². The number of benzene rings is 1. The van der Waals surface area contributed by atoms with E-state index in [-0.39, 0.29) is 6.04 Å². The first-order valence-electron chi connectivity index (χ1n) is 7.94. The molecule has 106 valence electrons. The lowest BCUT2D eigenvalue weighted by Crippen LogP contribution is -2.14. The van der Waals surface area contributed by atoms with E-state index in [1.807, 2.05) is 12.3 Å². The monoisotopic (exact) mass is 268 g/mol. The zero-order chi connectivity index (χ0) is 13.8. The maximum absolute atomic E-state index is 6.44. The van der Waals surface area contributed by atoms with Gasteiger partial charge in [-0.05, 0) is 30.4 Å². The van der Waals surface area contributed by atoms with Crippen molar-refractivity contribution in [2.45, 2.75) is 51.0 Å². The smallest absolute Gasteiger partial charge is 0.0749 e. The molecule has 2 nitrogen and oxygen atoms in total. The lowest BCUT2D eigenvalue weighted by Gasteiger charge is -2.23. The summed E-state index contributed by atoms with van der Waals surface area (Å²) in [7, 11) is 0. The number of hydrogen-bond donors (Lipinski definition) is 1. The standard InChI is InChI=1S/C18H24N2/c19-17(12-11-14-6-2-1-3-7-14)16-10-4-8-15-9-5-13-20-18(15)16/h4-5,8-10,13-14,17H,1-3,6-7,11-12,19H2. The van der Waals surface area contributed by atoms with Gasteiger partial charge in [0, 0.05) is 17.6 Å². The van der Waals surface area contributed by atoms with Crippen LogP contribution in [-0.2, 0) is 0 Å². The fourth-order valence-electron chi connectivity index (χ4n) is 3.47. The minimum absolute atomic E-state index is 0.121. The van der Waals surface area contributed by atoms with Gasteiger partial charge in [-0.3, -0.25) is 4.98 Å². The van der Waals surface area contributed by atoms with Crippen LogP contribution in [0.5, 0.6) is 0 Å². The van der Waals surface area contributed by atoms with E-state index < -0.39 is 0 Å². The van der Waals surface area contributed by atoms with Crippen molar-refractivity contribution in [2.24, 2.45) is 11.7 Å². The third-order valence-corrected chi connectivity index (χ3v) is 4.67. The van der Waals surface area contributed by atoms with Crippen LogP contribution in [0.25, 0.3) is 10.9 Å². The number of hydrogen-bond acceptors (Lipinski definition) is 2. The highest BCUT2D eigenvalue weighted by Gasteiger charge is 2.16. The van der Waals surface area contributed by atoms with Gasteiger partial charge in [0.2, 0.25) is 0 Å². The van der Waals surface area contributed by atoms with Gasteiger partial charge in [-0.1, -0.05) is 56.4 Å². The maximum atomic E-state index is 6.44. The van der Waals surface area contributed by atoms with Crippen LogP contribution in [0, 0.1) is 5.92 Å². The van der Waals surface area contributed by atoms with Crippen LogP contribution < -0.4 is 5.73 Å². The molecule has 1 aromatic heterocycles. The molecule has 0 radical (unpaired) electrons. The molecule has 0 saturated heterocycles. The summed E-state index contributed by atoms with van der Waals surface area (Å²) in [6, 6.07) is 10.6. The Kier molecular flexibility index (Phi) is 4.31. The molecule has 2 aromatic rings. The molecule has 0 amide bonds. The Balaban J connectivity index is 1.70. The molecule has 3 rings (SSSR count). The van der Waals surface area contributed by atoms with E-state index in [0.717, 1.165) is 17.9 Å². The molecule has 0 bridgehead atoms. The molecule has 0 aliphatic heterocycles. The Morgan fingerprint density at radius 1 is 1.10 bits per heavy atom. The maximum Gasteiger partial charge on any atom is 0.0749 e. The Morgan fingerprint density at radius 3 is 2.75 bits per heavy atom. The van der Waals surface area contributed by atoms with E-state index in [0.29, 0.717) is 0 Å². The van der Waals surface area contributed by atoms with Gasteiger partial charge in [-0.15, -0.1) is 0 Å². The molecule has 1 fully saturated rings. The average molecular weight is 268 g/mol. The van der Waals surface area contributed by atoms with Crippen molar-refractivity contribution in [1.82, 2.24) is 4.98 Å². The Labute approximate surface area is 121 Å². The normalized spacial score (nSPS) is 18.2. The summed E-state index contributed by atoms with van der Waals surface area (Å²) in [5.74, 6) is 0.901. The van der Waals surface area contributed by atoms with E-state index in [1.54, 1.807) is 0 Å². The predicted molar refractivity (Wildman–Crippen MR) is 84.5 cm³/mol. The molecule has 2 N–H and O–H groups in total. The van der Waals surface area contributed by atoms with E-state index in [4.69, 9.17) is 5.73 Å². The van der Waals surface area contributed by atoms with Gasteiger partial charge in [-0.2, -0.15) is 0 Å². The second-order valence-corrected chi connectivity index (χ2v) is 6.11. The van der Waals surface area contributed by atoms with Crippen molar-refractivity contribution in [3.63, 3.8) is 0 Å². The lowest BCUT2D eigenvalue weighted by atomic mass is 9.84. The summed E-state index contributed by atoms with van der Waals surface area (Å²) >= 11 is 0. The molecule has 1 unspecified atom stereocenters. The number of aromatic nitrogens is 1. The van der Waals surface area contributed by atoms with E-state index >= 15 is 0 Å². The van der Waals surface area contributed by atoms with Crippen LogP contribution >= 0.6 is 0 Å². The van der Waals surface area contributed by atoms with Crippen LogP contribution in [0.15, 0.2) is 36.5 Å². The molecule has 1 saturated carbocycles. The molecule has 2 heteroatoms. The van der Waals surface area contributed by atoms with Gasteiger partial charge in [-0.25, -0.2) is 0 Å². The summed E-state index contributed by atoms with van der Waals surface area (Å²) in [4.78, 5) is 4.52. The summed E-state index contributed by atoms with van der Waals surface area (Å²) in [5, 5.41) is 1.19. The average Bonchev–Trinajstić information content (AvgIpc) is 2.53. The van der Waals surface area contributed by atoms with Crippen molar-refractivity contribution in [3.05, 3.63) is 42.1 Å². The summed E-state index contributed by atoms with van der Waals surface area (Å²) in [6.45, 7) is 0. The predicted octanol–water partition coefficient (Wildman–Crippen LogP) is 4.60. The molecule has 0 spiro atoms. The zero-order valence-electron chi connectivity index (χ0n) is 12.1. The minimum atomic E-state index is 0.121. The number of pyridine rings is 1. The number of rotatable bonds is 4. The van der Waals surface area contributed by atoms with Gasteiger partial charge in [0.1, 0.15) is 0 Å². The van der Waals surface area contributed by atoms with Crippen LogP contribution in [-0.4, -0.2) is 4.98 Å². The fraction of sp³-hybridized carbons (Fsp3) is 0.500. The van der Waals surface area contributed by atoms with Gasteiger partial charge in [0.05, 0.1) is 5.52 Å². The molecule has 1 heterocycles. The fourth-order valence-corrected chi connectivity index (χ4v) is 3.47. The molecule has 1 aliphatic rings. The van der Waals surface area contributed by atoms with Gasteiger partial charge < -0.3 is 5.73 Å². The Morgan fingerprint density at radius 2 is 1.90 bits per heavy atom. The van der Waals surface area contributed by atoms with E-state index in [9.17, 15) is 0 Å². The first-order chi connectivity index (χ1) is 9.84. The van der Waals surface area contributed by atoms with Crippen LogP contribution in [0.4, 0.5) is 0 Å². The van der Waals surface area contributed by atoms with Gasteiger partial charge in [0.15, 0.2) is 0 Å². The third-order valence-electron chi connectivity index (χ3n) is 4.67. The molecular weight excluding hydrogens is 244 g/mol. The first kappa shape index (κ1) is 13.6. The number of nitrogens with two attached hydrogens (primary N) is 1. The second-order valence-electron chi connectivity index (χ2n) is 6.11. The summed E-state index contributed by atoms with van der Waals surface area (Å²) < 4.78 is 0. The van der Waals surface area contributed by atoms with Gasteiger partial charge >= 0.3 is 0 Å². The second kappa shape index (κ2) is 6.36. The largest absolute Gasteiger partial charge is 0.324 e. The highest BCUT2D eigenvalue weighted by Crippen LogP contribution is 2.31. The Hall–Kier alpha value is -1.41. The minimum Gasteiger partial charge on any atom is -0.324 e. The number of nitrogens with zero attached hydrogens (tertiary/aromatic N) is 1. The topological polar surface area (TPSA) is 38.9 Å².